The molecule has 23 heavy (non-hydrogen) atoms. The molecular weight excluding hydrogens is 322 g/mol. The molecule has 1 atom stereocenters. The Morgan fingerprint density at radius 2 is 2.26 bits per heavy atom. The fraction of sp³-hybridized carbons (Fsp3) is 0.562. The number of hydrogen-bond acceptors (Lipinski definition) is 5. The molecule has 1 heterocycles. The molecule has 1 unspecified atom stereocenters. The summed E-state index contributed by atoms with van der Waals surface area (Å²) >= 11 is 6.05. The van der Waals surface area contributed by atoms with Gasteiger partial charge in [-0.05, 0) is 32.9 Å². The molecule has 2 rings (SSSR count). The number of aromatic hydroxyl groups is 1. The van der Waals surface area contributed by atoms with Gasteiger partial charge in [0.1, 0.15) is 0 Å². The minimum atomic E-state index is -1.14. The van der Waals surface area contributed by atoms with Crippen LogP contribution in [0.4, 0.5) is 0 Å². The van der Waals surface area contributed by atoms with E-state index < -0.39 is 5.97 Å². The van der Waals surface area contributed by atoms with Crippen molar-refractivity contribution >= 4 is 17.6 Å². The van der Waals surface area contributed by atoms with Crippen LogP contribution >= 0.6 is 11.6 Å². The minimum Gasteiger partial charge on any atom is -0.504 e. The van der Waals surface area contributed by atoms with Gasteiger partial charge in [0.15, 0.2) is 11.5 Å². The number of nitrogens with one attached hydrogen (secondary N) is 1. The molecule has 0 radical (unpaired) electrons. The van der Waals surface area contributed by atoms with Gasteiger partial charge in [-0.25, -0.2) is 4.79 Å². The van der Waals surface area contributed by atoms with Crippen LogP contribution in [0.15, 0.2) is 6.07 Å². The van der Waals surface area contributed by atoms with E-state index in [-0.39, 0.29) is 33.8 Å². The first-order chi connectivity index (χ1) is 10.9. The summed E-state index contributed by atoms with van der Waals surface area (Å²) in [7, 11) is 0. The van der Waals surface area contributed by atoms with Crippen LogP contribution in [0.2, 0.25) is 5.02 Å². The van der Waals surface area contributed by atoms with Crippen LogP contribution in [0, 0.1) is 12.8 Å². The van der Waals surface area contributed by atoms with Crippen LogP contribution in [0.1, 0.15) is 29.3 Å². The number of hydrogen-bond donors (Lipinski definition) is 3. The molecule has 1 aromatic carbocycles. The zero-order valence-electron chi connectivity index (χ0n) is 13.3. The lowest BCUT2D eigenvalue weighted by atomic mass is 10.1. The maximum atomic E-state index is 11.1. The maximum Gasteiger partial charge on any atom is 0.336 e. The molecule has 6 nitrogen and oxygen atoms in total. The third kappa shape index (κ3) is 4.50. The summed E-state index contributed by atoms with van der Waals surface area (Å²) in [4.78, 5) is 11.1. The number of benzene rings is 1. The van der Waals surface area contributed by atoms with E-state index in [1.54, 1.807) is 0 Å². The van der Waals surface area contributed by atoms with Crippen molar-refractivity contribution in [2.75, 3.05) is 26.3 Å². The molecule has 1 aliphatic rings. The SMILES string of the molecule is Cc1c(C(=O)O)cc(Cl)c(OC(C)CCNCC2COC2)c1O. The predicted octanol–water partition coefficient (Wildman–Crippen LogP) is 2.45. The van der Waals surface area contributed by atoms with Crippen LogP contribution in [-0.2, 0) is 4.74 Å². The van der Waals surface area contributed by atoms with Crippen LogP contribution in [0.3, 0.4) is 0 Å². The van der Waals surface area contributed by atoms with Gasteiger partial charge in [-0.1, -0.05) is 11.6 Å². The van der Waals surface area contributed by atoms with Crippen molar-refractivity contribution in [2.45, 2.75) is 26.4 Å². The molecule has 7 heteroatoms. The number of phenolic OH excluding ortho intramolecular Hbond substituents is 1. The second-order valence-corrected chi connectivity index (χ2v) is 6.25. The number of carbonyl (C=O) groups is 1. The van der Waals surface area contributed by atoms with E-state index in [4.69, 9.17) is 26.2 Å². The third-order valence-corrected chi connectivity index (χ3v) is 4.16. The number of carboxylic acid groups (broad SMARTS) is 1. The van der Waals surface area contributed by atoms with Crippen LogP contribution in [-0.4, -0.2) is 48.6 Å². The van der Waals surface area contributed by atoms with Gasteiger partial charge in [-0.3, -0.25) is 0 Å². The molecule has 1 aliphatic heterocycles. The van der Waals surface area contributed by atoms with Gasteiger partial charge in [-0.15, -0.1) is 0 Å². The lowest BCUT2D eigenvalue weighted by molar-refractivity contribution is -0.0307. The van der Waals surface area contributed by atoms with E-state index in [0.717, 1.165) is 32.7 Å². The second-order valence-electron chi connectivity index (χ2n) is 5.84. The van der Waals surface area contributed by atoms with Crippen molar-refractivity contribution in [3.8, 4) is 11.5 Å². The normalized spacial score (nSPS) is 16.0. The Morgan fingerprint density at radius 1 is 1.57 bits per heavy atom. The quantitative estimate of drug-likeness (QED) is 0.628. The average molecular weight is 344 g/mol. The van der Waals surface area contributed by atoms with Crippen LogP contribution < -0.4 is 10.1 Å². The number of ether oxygens (including phenoxy) is 2. The van der Waals surface area contributed by atoms with Crippen molar-refractivity contribution in [1.29, 1.82) is 0 Å². The first-order valence-electron chi connectivity index (χ1n) is 7.60. The highest BCUT2D eigenvalue weighted by molar-refractivity contribution is 6.32. The molecule has 0 amide bonds. The first-order valence-corrected chi connectivity index (χ1v) is 7.98. The van der Waals surface area contributed by atoms with Gasteiger partial charge in [0.05, 0.1) is 29.9 Å². The summed E-state index contributed by atoms with van der Waals surface area (Å²) in [5.41, 5.74) is 0.212. The van der Waals surface area contributed by atoms with E-state index in [0.29, 0.717) is 5.92 Å². The average Bonchev–Trinajstić information content (AvgIpc) is 2.45. The predicted molar refractivity (Wildman–Crippen MR) is 86.7 cm³/mol. The summed E-state index contributed by atoms with van der Waals surface area (Å²) < 4.78 is 10.8. The lowest BCUT2D eigenvalue weighted by Gasteiger charge is -2.26. The third-order valence-electron chi connectivity index (χ3n) is 3.88. The van der Waals surface area contributed by atoms with Crippen molar-refractivity contribution < 1.29 is 24.5 Å². The topological polar surface area (TPSA) is 88.0 Å². The fourth-order valence-electron chi connectivity index (χ4n) is 2.32. The van der Waals surface area contributed by atoms with Gasteiger partial charge in [0, 0.05) is 18.0 Å². The zero-order valence-corrected chi connectivity index (χ0v) is 14.0. The molecule has 128 valence electrons. The Morgan fingerprint density at radius 3 is 2.83 bits per heavy atom. The summed E-state index contributed by atoms with van der Waals surface area (Å²) in [5.74, 6) is -0.630. The highest BCUT2D eigenvalue weighted by atomic mass is 35.5. The number of rotatable bonds is 8. The Hall–Kier alpha value is -1.50. The molecule has 3 N–H and O–H groups in total. The Kier molecular flexibility index (Phi) is 6.10. The number of carboxylic acids is 1. The van der Waals surface area contributed by atoms with E-state index >= 15 is 0 Å². The monoisotopic (exact) mass is 343 g/mol. The summed E-state index contributed by atoms with van der Waals surface area (Å²) in [6.07, 6.45) is 0.571. The molecule has 1 saturated heterocycles. The molecular formula is C16H22ClNO5. The molecule has 0 spiro atoms. The fourth-order valence-corrected chi connectivity index (χ4v) is 2.56. The van der Waals surface area contributed by atoms with E-state index in [1.165, 1.54) is 13.0 Å². The zero-order chi connectivity index (χ0) is 17.0. The van der Waals surface area contributed by atoms with Gasteiger partial charge >= 0.3 is 5.97 Å². The summed E-state index contributed by atoms with van der Waals surface area (Å²) in [6.45, 7) is 6.74. The van der Waals surface area contributed by atoms with Crippen molar-refractivity contribution in [2.24, 2.45) is 5.92 Å². The number of phenols is 1. The van der Waals surface area contributed by atoms with Gasteiger partial charge in [0.2, 0.25) is 0 Å². The minimum absolute atomic E-state index is 0.0307. The highest BCUT2D eigenvalue weighted by Crippen LogP contribution is 2.39. The van der Waals surface area contributed by atoms with E-state index in [9.17, 15) is 9.90 Å². The Labute approximate surface area is 140 Å². The molecule has 0 saturated carbocycles. The standard InChI is InChI=1S/C16H22ClNO5/c1-9(3-4-18-6-11-7-22-8-11)23-15-13(17)5-12(16(20)21)10(2)14(15)19/h5,9,11,18-19H,3-4,6-8H2,1-2H3,(H,20,21). The molecule has 0 aromatic heterocycles. The molecule has 0 bridgehead atoms. The number of aromatic carboxylic acids is 1. The van der Waals surface area contributed by atoms with Gasteiger partial charge in [-0.2, -0.15) is 0 Å². The molecule has 0 aliphatic carbocycles. The van der Waals surface area contributed by atoms with Crippen molar-refractivity contribution in [3.05, 3.63) is 22.2 Å². The maximum absolute atomic E-state index is 11.1. The molecule has 1 aromatic rings. The van der Waals surface area contributed by atoms with Crippen molar-refractivity contribution in [1.82, 2.24) is 5.32 Å². The Balaban J connectivity index is 1.90. The van der Waals surface area contributed by atoms with Crippen molar-refractivity contribution in [3.63, 3.8) is 0 Å². The smallest absolute Gasteiger partial charge is 0.336 e. The van der Waals surface area contributed by atoms with Crippen LogP contribution in [0.5, 0.6) is 11.5 Å². The second kappa shape index (κ2) is 7.86. The summed E-state index contributed by atoms with van der Waals surface area (Å²) in [5, 5.41) is 22.6. The van der Waals surface area contributed by atoms with E-state index in [2.05, 4.69) is 5.32 Å². The largest absolute Gasteiger partial charge is 0.504 e. The first kappa shape index (κ1) is 17.8. The molecule has 1 fully saturated rings. The van der Waals surface area contributed by atoms with Gasteiger partial charge < -0.3 is 25.0 Å². The van der Waals surface area contributed by atoms with Crippen LogP contribution in [0.25, 0.3) is 0 Å². The van der Waals surface area contributed by atoms with Gasteiger partial charge in [0.25, 0.3) is 0 Å². The van der Waals surface area contributed by atoms with E-state index in [1.807, 2.05) is 6.92 Å². The number of halogens is 1. The Bertz CT molecular complexity index is 574. The highest BCUT2D eigenvalue weighted by Gasteiger charge is 2.21. The lowest BCUT2D eigenvalue weighted by Crippen LogP contribution is -2.37. The summed E-state index contributed by atoms with van der Waals surface area (Å²) in [6, 6.07) is 1.30.